The van der Waals surface area contributed by atoms with Gasteiger partial charge in [-0.25, -0.2) is 4.98 Å². The summed E-state index contributed by atoms with van der Waals surface area (Å²) in [5.41, 5.74) is 1.17. The van der Waals surface area contributed by atoms with Crippen molar-refractivity contribution in [1.29, 1.82) is 0 Å². The largest absolute Gasteiger partial charge is 0.334 e. The van der Waals surface area contributed by atoms with Crippen molar-refractivity contribution in [2.24, 2.45) is 5.92 Å². The molecule has 0 N–H and O–H groups in total. The summed E-state index contributed by atoms with van der Waals surface area (Å²) < 4.78 is 2.33. The summed E-state index contributed by atoms with van der Waals surface area (Å²) in [6.45, 7) is 5.54. The van der Waals surface area contributed by atoms with E-state index in [0.717, 1.165) is 5.92 Å². The first-order valence-corrected chi connectivity index (χ1v) is 4.82. The minimum atomic E-state index is 0.881. The van der Waals surface area contributed by atoms with Crippen molar-refractivity contribution in [2.45, 2.75) is 39.7 Å². The number of rotatable bonds is 1. The van der Waals surface area contributed by atoms with Gasteiger partial charge in [0.1, 0.15) is 5.82 Å². The molecule has 12 heavy (non-hydrogen) atoms. The molecule has 1 aliphatic rings. The Balaban J connectivity index is 2.22. The Hall–Kier alpha value is -0.790. The highest BCUT2D eigenvalue weighted by atomic mass is 15.1. The van der Waals surface area contributed by atoms with Crippen LogP contribution in [0.15, 0.2) is 6.20 Å². The molecule has 0 radical (unpaired) electrons. The van der Waals surface area contributed by atoms with Gasteiger partial charge in [-0.3, -0.25) is 0 Å². The van der Waals surface area contributed by atoms with Crippen molar-refractivity contribution < 1.29 is 0 Å². The third kappa shape index (κ3) is 1.26. The minimum absolute atomic E-state index is 0.881. The second kappa shape index (κ2) is 2.92. The summed E-state index contributed by atoms with van der Waals surface area (Å²) in [6, 6.07) is 0. The second-order valence-electron chi connectivity index (χ2n) is 3.76. The maximum atomic E-state index is 4.48. The summed E-state index contributed by atoms with van der Waals surface area (Å²) in [5.74, 6) is 2.17. The lowest BCUT2D eigenvalue weighted by Gasteiger charge is -2.22. The topological polar surface area (TPSA) is 17.8 Å². The van der Waals surface area contributed by atoms with Gasteiger partial charge in [-0.2, -0.15) is 0 Å². The van der Waals surface area contributed by atoms with Crippen LogP contribution >= 0.6 is 0 Å². The third-order valence-corrected chi connectivity index (χ3v) is 2.79. The first-order valence-electron chi connectivity index (χ1n) is 4.82. The Kier molecular flexibility index (Phi) is 1.91. The van der Waals surface area contributed by atoms with Gasteiger partial charge in [0.2, 0.25) is 0 Å². The Bertz CT molecular complexity index is 275. The average molecular weight is 164 g/mol. The van der Waals surface area contributed by atoms with Crippen molar-refractivity contribution in [1.82, 2.24) is 9.55 Å². The summed E-state index contributed by atoms with van der Waals surface area (Å²) in [6.07, 6.45) is 5.98. The second-order valence-corrected chi connectivity index (χ2v) is 3.76. The van der Waals surface area contributed by atoms with Crippen LogP contribution in [-0.2, 0) is 13.0 Å². The summed E-state index contributed by atoms with van der Waals surface area (Å²) in [5, 5.41) is 0. The molecule has 2 rings (SSSR count). The van der Waals surface area contributed by atoms with Gasteiger partial charge in [0.15, 0.2) is 0 Å². The standard InChI is InChI=1S/C10H16N2/c1-3-9-4-5-10-11-8(2)6-12(10)7-9/h6,9H,3-5,7H2,1-2H3. The molecule has 2 nitrogen and oxygen atoms in total. The maximum Gasteiger partial charge on any atom is 0.108 e. The molecule has 0 spiro atoms. The first-order chi connectivity index (χ1) is 5.79. The van der Waals surface area contributed by atoms with Gasteiger partial charge in [-0.05, 0) is 19.3 Å². The number of hydrogen-bond donors (Lipinski definition) is 0. The molecule has 1 aromatic heterocycles. The maximum absolute atomic E-state index is 4.48. The molecule has 0 aromatic carbocycles. The Morgan fingerprint density at radius 3 is 3.25 bits per heavy atom. The smallest absolute Gasteiger partial charge is 0.108 e. The van der Waals surface area contributed by atoms with Gasteiger partial charge in [0.05, 0.1) is 5.69 Å². The average Bonchev–Trinajstić information content (AvgIpc) is 2.43. The van der Waals surface area contributed by atoms with Crippen LogP contribution in [0.2, 0.25) is 0 Å². The van der Waals surface area contributed by atoms with Crippen molar-refractivity contribution in [2.75, 3.05) is 0 Å². The van der Waals surface area contributed by atoms with E-state index in [2.05, 4.69) is 29.6 Å². The lowest BCUT2D eigenvalue weighted by Crippen LogP contribution is -2.19. The molecule has 0 aliphatic carbocycles. The molecular formula is C10H16N2. The van der Waals surface area contributed by atoms with Gasteiger partial charge in [0.25, 0.3) is 0 Å². The van der Waals surface area contributed by atoms with Gasteiger partial charge >= 0.3 is 0 Å². The fourth-order valence-corrected chi connectivity index (χ4v) is 1.99. The van der Waals surface area contributed by atoms with Crippen molar-refractivity contribution in [3.05, 3.63) is 17.7 Å². The molecule has 2 heterocycles. The Morgan fingerprint density at radius 2 is 2.50 bits per heavy atom. The van der Waals surface area contributed by atoms with Crippen LogP contribution in [0, 0.1) is 12.8 Å². The SMILES string of the molecule is CCC1CCc2nc(C)cn2C1. The van der Waals surface area contributed by atoms with Crippen LogP contribution in [0.4, 0.5) is 0 Å². The monoisotopic (exact) mass is 164 g/mol. The molecule has 1 atom stereocenters. The number of nitrogens with zero attached hydrogens (tertiary/aromatic N) is 2. The van der Waals surface area contributed by atoms with Crippen LogP contribution in [0.1, 0.15) is 31.3 Å². The van der Waals surface area contributed by atoms with Gasteiger partial charge < -0.3 is 4.57 Å². The molecular weight excluding hydrogens is 148 g/mol. The summed E-state index contributed by atoms with van der Waals surface area (Å²) in [7, 11) is 0. The van der Waals surface area contributed by atoms with Crippen LogP contribution in [-0.4, -0.2) is 9.55 Å². The highest BCUT2D eigenvalue weighted by Gasteiger charge is 2.17. The zero-order valence-corrected chi connectivity index (χ0v) is 7.88. The molecule has 1 aliphatic heterocycles. The molecule has 1 aromatic rings. The minimum Gasteiger partial charge on any atom is -0.334 e. The number of aromatic nitrogens is 2. The molecule has 1 unspecified atom stereocenters. The van der Waals surface area contributed by atoms with Crippen molar-refractivity contribution >= 4 is 0 Å². The quantitative estimate of drug-likeness (QED) is 0.622. The van der Waals surface area contributed by atoms with E-state index in [1.165, 1.54) is 37.3 Å². The van der Waals surface area contributed by atoms with Crippen LogP contribution in [0.5, 0.6) is 0 Å². The molecule has 66 valence electrons. The van der Waals surface area contributed by atoms with Gasteiger partial charge in [0, 0.05) is 19.2 Å². The molecule has 0 amide bonds. The number of aryl methyl sites for hydroxylation is 2. The van der Waals surface area contributed by atoms with E-state index < -0.39 is 0 Å². The zero-order chi connectivity index (χ0) is 8.55. The lowest BCUT2D eigenvalue weighted by molar-refractivity contribution is 0.356. The predicted octanol–water partition coefficient (Wildman–Crippen LogP) is 2.16. The summed E-state index contributed by atoms with van der Waals surface area (Å²) >= 11 is 0. The van der Waals surface area contributed by atoms with Crippen LogP contribution < -0.4 is 0 Å². The zero-order valence-electron chi connectivity index (χ0n) is 7.88. The number of hydrogen-bond acceptors (Lipinski definition) is 1. The van der Waals surface area contributed by atoms with E-state index >= 15 is 0 Å². The van der Waals surface area contributed by atoms with Crippen LogP contribution in [0.25, 0.3) is 0 Å². The number of fused-ring (bicyclic) bond motifs is 1. The molecule has 0 bridgehead atoms. The lowest BCUT2D eigenvalue weighted by atomic mass is 9.97. The van der Waals surface area contributed by atoms with E-state index in [-0.39, 0.29) is 0 Å². The van der Waals surface area contributed by atoms with E-state index in [1.807, 2.05) is 0 Å². The predicted molar refractivity (Wildman–Crippen MR) is 49.1 cm³/mol. The van der Waals surface area contributed by atoms with Gasteiger partial charge in [-0.1, -0.05) is 13.3 Å². The number of imidazole rings is 1. The fourth-order valence-electron chi connectivity index (χ4n) is 1.99. The molecule has 2 heteroatoms. The molecule has 0 saturated carbocycles. The molecule has 0 fully saturated rings. The summed E-state index contributed by atoms with van der Waals surface area (Å²) in [4.78, 5) is 4.48. The highest BCUT2D eigenvalue weighted by Crippen LogP contribution is 2.21. The Morgan fingerprint density at radius 1 is 1.67 bits per heavy atom. The first kappa shape index (κ1) is 7.84. The van der Waals surface area contributed by atoms with Gasteiger partial charge in [-0.15, -0.1) is 0 Å². The van der Waals surface area contributed by atoms with Crippen molar-refractivity contribution in [3.63, 3.8) is 0 Å². The highest BCUT2D eigenvalue weighted by molar-refractivity contribution is 5.04. The third-order valence-electron chi connectivity index (χ3n) is 2.79. The molecule has 0 saturated heterocycles. The fraction of sp³-hybridized carbons (Fsp3) is 0.700. The van der Waals surface area contributed by atoms with E-state index in [1.54, 1.807) is 0 Å². The van der Waals surface area contributed by atoms with Crippen molar-refractivity contribution in [3.8, 4) is 0 Å². The van der Waals surface area contributed by atoms with E-state index in [0.29, 0.717) is 0 Å². The van der Waals surface area contributed by atoms with E-state index in [4.69, 9.17) is 0 Å². The Labute approximate surface area is 73.6 Å². The van der Waals surface area contributed by atoms with E-state index in [9.17, 15) is 0 Å². The normalized spacial score (nSPS) is 22.3. The van der Waals surface area contributed by atoms with Crippen LogP contribution in [0.3, 0.4) is 0 Å².